The highest BCUT2D eigenvalue weighted by atomic mass is 79.9. The first-order valence-electron chi connectivity index (χ1n) is 5.65. The first kappa shape index (κ1) is 15.9. The summed E-state index contributed by atoms with van der Waals surface area (Å²) in [6.45, 7) is 1.01. The number of nitrogens with zero attached hydrogens (tertiary/aromatic N) is 1. The van der Waals surface area contributed by atoms with Crippen LogP contribution in [-0.2, 0) is 10.0 Å². The van der Waals surface area contributed by atoms with Crippen LogP contribution in [0.2, 0.25) is 10.0 Å². The van der Waals surface area contributed by atoms with Crippen molar-refractivity contribution in [3.63, 3.8) is 0 Å². The van der Waals surface area contributed by atoms with Gasteiger partial charge in [-0.25, -0.2) is 8.42 Å². The molecule has 1 aromatic rings. The van der Waals surface area contributed by atoms with E-state index in [2.05, 4.69) is 15.9 Å². The van der Waals surface area contributed by atoms with Crippen molar-refractivity contribution in [3.8, 4) is 0 Å². The zero-order valence-corrected chi connectivity index (χ0v) is 14.6. The SMILES string of the molecule is O=S(=O)(c1c(Cl)cc(Br)cc1Cl)N1CCCSCC1. The van der Waals surface area contributed by atoms with Crippen LogP contribution in [0.5, 0.6) is 0 Å². The lowest BCUT2D eigenvalue weighted by Crippen LogP contribution is -2.33. The summed E-state index contributed by atoms with van der Waals surface area (Å²) in [6.07, 6.45) is 0.843. The van der Waals surface area contributed by atoms with E-state index < -0.39 is 10.0 Å². The maximum absolute atomic E-state index is 12.6. The van der Waals surface area contributed by atoms with E-state index in [1.807, 2.05) is 0 Å². The first-order chi connectivity index (χ1) is 8.93. The van der Waals surface area contributed by atoms with E-state index in [9.17, 15) is 8.42 Å². The van der Waals surface area contributed by atoms with Gasteiger partial charge >= 0.3 is 0 Å². The molecule has 19 heavy (non-hydrogen) atoms. The molecule has 1 aliphatic heterocycles. The summed E-state index contributed by atoms with van der Waals surface area (Å²) in [5.74, 6) is 1.78. The molecule has 3 nitrogen and oxygen atoms in total. The van der Waals surface area contributed by atoms with Gasteiger partial charge in [-0.3, -0.25) is 0 Å². The van der Waals surface area contributed by atoms with Gasteiger partial charge in [-0.1, -0.05) is 39.1 Å². The van der Waals surface area contributed by atoms with Gasteiger partial charge < -0.3 is 0 Å². The lowest BCUT2D eigenvalue weighted by molar-refractivity contribution is 0.435. The minimum atomic E-state index is -3.63. The maximum Gasteiger partial charge on any atom is 0.246 e. The minimum absolute atomic E-state index is 0.00549. The van der Waals surface area contributed by atoms with E-state index in [4.69, 9.17) is 23.2 Å². The molecule has 0 bridgehead atoms. The van der Waals surface area contributed by atoms with Crippen molar-refractivity contribution in [2.24, 2.45) is 0 Å². The van der Waals surface area contributed by atoms with Gasteiger partial charge in [0.15, 0.2) is 0 Å². The third kappa shape index (κ3) is 3.60. The van der Waals surface area contributed by atoms with Crippen LogP contribution >= 0.6 is 50.9 Å². The van der Waals surface area contributed by atoms with Crippen LogP contribution in [0, 0.1) is 0 Å². The molecule has 0 spiro atoms. The topological polar surface area (TPSA) is 37.4 Å². The Morgan fingerprint density at radius 3 is 2.42 bits per heavy atom. The molecule has 8 heteroatoms. The quantitative estimate of drug-likeness (QED) is 0.750. The second kappa shape index (κ2) is 6.54. The molecule has 106 valence electrons. The van der Waals surface area contributed by atoms with E-state index in [1.54, 1.807) is 23.9 Å². The van der Waals surface area contributed by atoms with Gasteiger partial charge in [-0.15, -0.1) is 0 Å². The standard InChI is InChI=1S/C11H12BrCl2NO2S2/c12-8-6-9(13)11(10(14)7-8)19(16,17)15-2-1-4-18-5-3-15/h6-7H,1-5H2. The normalized spacial score (nSPS) is 18.3. The number of halogens is 3. The van der Waals surface area contributed by atoms with Crippen molar-refractivity contribution in [2.75, 3.05) is 24.6 Å². The van der Waals surface area contributed by atoms with Crippen molar-refractivity contribution < 1.29 is 8.42 Å². The van der Waals surface area contributed by atoms with Gasteiger partial charge in [-0.05, 0) is 24.3 Å². The Bertz CT molecular complexity index is 549. The molecule has 0 aromatic heterocycles. The predicted octanol–water partition coefficient (Wildman–Crippen LogP) is 3.88. The van der Waals surface area contributed by atoms with Crippen molar-refractivity contribution in [2.45, 2.75) is 11.3 Å². The second-order valence-corrected chi connectivity index (χ2v) is 8.90. The summed E-state index contributed by atoms with van der Waals surface area (Å²) >= 11 is 17.1. The average Bonchev–Trinajstić information content (AvgIpc) is 2.55. The average molecular weight is 405 g/mol. The fraction of sp³-hybridized carbons (Fsp3) is 0.455. The fourth-order valence-corrected chi connectivity index (χ4v) is 6.23. The first-order valence-corrected chi connectivity index (χ1v) is 9.80. The molecule has 0 saturated carbocycles. The zero-order chi connectivity index (χ0) is 14.0. The molecule has 1 fully saturated rings. The molecule has 1 aromatic carbocycles. The fourth-order valence-electron chi connectivity index (χ4n) is 1.87. The lowest BCUT2D eigenvalue weighted by atomic mass is 10.4. The molecule has 0 amide bonds. The van der Waals surface area contributed by atoms with Gasteiger partial charge in [0.05, 0.1) is 10.0 Å². The molecule has 1 heterocycles. The highest BCUT2D eigenvalue weighted by Crippen LogP contribution is 2.35. The van der Waals surface area contributed by atoms with Crippen LogP contribution in [-0.4, -0.2) is 37.3 Å². The summed E-state index contributed by atoms with van der Waals surface area (Å²) in [5.41, 5.74) is 0. The Kier molecular flexibility index (Phi) is 5.48. The van der Waals surface area contributed by atoms with Crippen molar-refractivity contribution in [1.82, 2.24) is 4.31 Å². The molecule has 1 saturated heterocycles. The number of rotatable bonds is 2. The molecule has 0 aliphatic carbocycles. The number of sulfonamides is 1. The van der Waals surface area contributed by atoms with Crippen molar-refractivity contribution >= 4 is 60.9 Å². The monoisotopic (exact) mass is 403 g/mol. The second-order valence-electron chi connectivity index (χ2n) is 4.07. The Labute approximate surface area is 135 Å². The van der Waals surface area contributed by atoms with Gasteiger partial charge in [0.2, 0.25) is 10.0 Å². The van der Waals surface area contributed by atoms with E-state index in [-0.39, 0.29) is 14.9 Å². The van der Waals surface area contributed by atoms with E-state index in [0.717, 1.165) is 17.9 Å². The zero-order valence-electron chi connectivity index (χ0n) is 9.90. The molecule has 0 N–H and O–H groups in total. The Balaban J connectivity index is 2.44. The summed E-state index contributed by atoms with van der Waals surface area (Å²) in [7, 11) is -3.63. The summed E-state index contributed by atoms with van der Waals surface area (Å²) in [4.78, 5) is 0.00549. The smallest absolute Gasteiger partial charge is 0.207 e. The van der Waals surface area contributed by atoms with E-state index in [0.29, 0.717) is 17.6 Å². The molecule has 2 rings (SSSR count). The summed E-state index contributed by atoms with van der Waals surface area (Å²) in [6, 6.07) is 3.10. The third-order valence-electron chi connectivity index (χ3n) is 2.74. The Hall–Kier alpha value is 0.540. The Morgan fingerprint density at radius 2 is 1.79 bits per heavy atom. The molecule has 0 atom stereocenters. The van der Waals surface area contributed by atoms with Gasteiger partial charge in [-0.2, -0.15) is 16.1 Å². The molecule has 0 unspecified atom stereocenters. The molecular weight excluding hydrogens is 393 g/mol. The van der Waals surface area contributed by atoms with Crippen LogP contribution in [0.1, 0.15) is 6.42 Å². The van der Waals surface area contributed by atoms with Gasteiger partial charge in [0.25, 0.3) is 0 Å². The van der Waals surface area contributed by atoms with E-state index >= 15 is 0 Å². The van der Waals surface area contributed by atoms with Gasteiger partial charge in [0, 0.05) is 23.3 Å². The van der Waals surface area contributed by atoms with Crippen LogP contribution in [0.15, 0.2) is 21.5 Å². The highest BCUT2D eigenvalue weighted by Gasteiger charge is 2.29. The predicted molar refractivity (Wildman–Crippen MR) is 84.9 cm³/mol. The minimum Gasteiger partial charge on any atom is -0.207 e. The van der Waals surface area contributed by atoms with E-state index in [1.165, 1.54) is 4.31 Å². The van der Waals surface area contributed by atoms with Crippen LogP contribution < -0.4 is 0 Å². The molecule has 1 aliphatic rings. The molecular formula is C11H12BrCl2NO2S2. The number of benzene rings is 1. The number of hydrogen-bond acceptors (Lipinski definition) is 3. The van der Waals surface area contributed by atoms with Crippen molar-refractivity contribution in [1.29, 1.82) is 0 Å². The van der Waals surface area contributed by atoms with Crippen LogP contribution in [0.4, 0.5) is 0 Å². The summed E-state index contributed by atoms with van der Waals surface area (Å²) < 4.78 is 27.4. The lowest BCUT2D eigenvalue weighted by Gasteiger charge is -2.21. The van der Waals surface area contributed by atoms with Gasteiger partial charge in [0.1, 0.15) is 4.90 Å². The largest absolute Gasteiger partial charge is 0.246 e. The third-order valence-corrected chi connectivity index (χ3v) is 7.07. The Morgan fingerprint density at radius 1 is 1.16 bits per heavy atom. The van der Waals surface area contributed by atoms with Crippen LogP contribution in [0.3, 0.4) is 0 Å². The van der Waals surface area contributed by atoms with Crippen molar-refractivity contribution in [3.05, 3.63) is 26.7 Å². The molecule has 0 radical (unpaired) electrons. The number of thioether (sulfide) groups is 1. The highest BCUT2D eigenvalue weighted by molar-refractivity contribution is 9.10. The number of hydrogen-bond donors (Lipinski definition) is 0. The van der Waals surface area contributed by atoms with Crippen LogP contribution in [0.25, 0.3) is 0 Å². The summed E-state index contributed by atoms with van der Waals surface area (Å²) in [5, 5.41) is 0.299. The maximum atomic E-state index is 12.6.